The molecule has 0 spiro atoms. The van der Waals surface area contributed by atoms with Crippen LogP contribution in [0.25, 0.3) is 0 Å². The lowest BCUT2D eigenvalue weighted by molar-refractivity contribution is -0.0418. The number of hydrogen-bond donors (Lipinski definition) is 1. The number of hydrogen-bond acceptors (Lipinski definition) is 3. The third kappa shape index (κ3) is 2.31. The Balaban J connectivity index is 1.46. The maximum absolute atomic E-state index is 12.5. The second kappa shape index (κ2) is 5.02. The molecule has 1 N–H and O–H groups in total. The molecule has 1 saturated carbocycles. The molecule has 5 atom stereocenters. The summed E-state index contributed by atoms with van der Waals surface area (Å²) in [7, 11) is 1.64. The molecule has 1 aliphatic carbocycles. The van der Waals surface area contributed by atoms with Gasteiger partial charge in [0.1, 0.15) is 5.75 Å². The SMILES string of the molecule is COc1ccc(C(=O)NC2[C@@H]3CC4C[C@H]2CN(C4)C3)cc1. The molecule has 0 radical (unpaired) electrons. The van der Waals surface area contributed by atoms with Crippen LogP contribution in [0.3, 0.4) is 0 Å². The summed E-state index contributed by atoms with van der Waals surface area (Å²) in [5.74, 6) is 3.02. The fourth-order valence-electron chi connectivity index (χ4n) is 4.62. The lowest BCUT2D eigenvalue weighted by Crippen LogP contribution is -2.64. The average molecular weight is 286 g/mol. The average Bonchev–Trinajstić information content (AvgIpc) is 2.50. The summed E-state index contributed by atoms with van der Waals surface area (Å²) in [5.41, 5.74) is 0.727. The Morgan fingerprint density at radius 3 is 2.38 bits per heavy atom. The molecule has 5 rings (SSSR count). The van der Waals surface area contributed by atoms with Crippen LogP contribution < -0.4 is 10.1 Å². The molecule has 0 aromatic heterocycles. The molecule has 4 aliphatic rings. The summed E-state index contributed by atoms with van der Waals surface area (Å²) in [6, 6.07) is 7.74. The molecule has 3 heterocycles. The van der Waals surface area contributed by atoms with Gasteiger partial charge in [-0.3, -0.25) is 4.79 Å². The topological polar surface area (TPSA) is 41.6 Å². The first-order chi connectivity index (χ1) is 10.2. The van der Waals surface area contributed by atoms with E-state index in [4.69, 9.17) is 4.74 Å². The molecule has 4 bridgehead atoms. The van der Waals surface area contributed by atoms with Gasteiger partial charge in [-0.25, -0.2) is 0 Å². The molecule has 3 aliphatic heterocycles. The van der Waals surface area contributed by atoms with E-state index in [2.05, 4.69) is 10.2 Å². The number of carbonyl (C=O) groups excluding carboxylic acids is 1. The van der Waals surface area contributed by atoms with Crippen molar-refractivity contribution in [2.45, 2.75) is 18.9 Å². The minimum atomic E-state index is 0.0603. The molecule has 1 aromatic rings. The largest absolute Gasteiger partial charge is 0.497 e. The van der Waals surface area contributed by atoms with Gasteiger partial charge in [0.25, 0.3) is 5.91 Å². The summed E-state index contributed by atoms with van der Waals surface area (Å²) >= 11 is 0. The van der Waals surface area contributed by atoms with Crippen molar-refractivity contribution in [3.05, 3.63) is 29.8 Å². The van der Waals surface area contributed by atoms with Crippen molar-refractivity contribution in [3.8, 4) is 5.75 Å². The van der Waals surface area contributed by atoms with E-state index in [0.717, 1.165) is 17.2 Å². The molecule has 21 heavy (non-hydrogen) atoms. The molecule has 4 nitrogen and oxygen atoms in total. The number of rotatable bonds is 3. The number of carbonyl (C=O) groups is 1. The molecular formula is C17H22N2O2. The molecule has 3 saturated heterocycles. The van der Waals surface area contributed by atoms with Crippen LogP contribution in [0, 0.1) is 17.8 Å². The van der Waals surface area contributed by atoms with Crippen molar-refractivity contribution in [2.24, 2.45) is 17.8 Å². The van der Waals surface area contributed by atoms with E-state index in [1.807, 2.05) is 24.3 Å². The maximum Gasteiger partial charge on any atom is 0.251 e. The number of benzene rings is 1. The molecule has 4 fully saturated rings. The first kappa shape index (κ1) is 13.1. The van der Waals surface area contributed by atoms with Crippen molar-refractivity contribution >= 4 is 5.91 Å². The molecule has 4 heteroatoms. The molecule has 112 valence electrons. The van der Waals surface area contributed by atoms with Gasteiger partial charge < -0.3 is 15.0 Å². The zero-order chi connectivity index (χ0) is 14.4. The maximum atomic E-state index is 12.5. The molecule has 1 amide bonds. The third-order valence-electron chi connectivity index (χ3n) is 5.44. The van der Waals surface area contributed by atoms with Gasteiger partial charge in [0.2, 0.25) is 0 Å². The Kier molecular flexibility index (Phi) is 3.14. The number of methoxy groups -OCH3 is 1. The highest BCUT2D eigenvalue weighted by molar-refractivity contribution is 5.94. The van der Waals surface area contributed by atoms with E-state index in [1.165, 1.54) is 32.5 Å². The molecule has 3 unspecified atom stereocenters. The van der Waals surface area contributed by atoms with E-state index in [0.29, 0.717) is 17.9 Å². The first-order valence-corrected chi connectivity index (χ1v) is 7.90. The first-order valence-electron chi connectivity index (χ1n) is 7.90. The second-order valence-electron chi connectivity index (χ2n) is 6.80. The van der Waals surface area contributed by atoms with E-state index in [1.54, 1.807) is 7.11 Å². The number of ether oxygens (including phenoxy) is 1. The zero-order valence-electron chi connectivity index (χ0n) is 12.4. The summed E-state index contributed by atoms with van der Waals surface area (Å²) < 4.78 is 5.14. The summed E-state index contributed by atoms with van der Waals surface area (Å²) in [6.07, 6.45) is 2.58. The highest BCUT2D eigenvalue weighted by atomic mass is 16.5. The van der Waals surface area contributed by atoms with Crippen LogP contribution in [-0.4, -0.2) is 43.6 Å². The number of nitrogens with one attached hydrogen (secondary N) is 1. The Bertz CT molecular complexity index is 512. The zero-order valence-corrected chi connectivity index (χ0v) is 12.4. The molecule has 1 aromatic carbocycles. The number of amides is 1. The third-order valence-corrected chi connectivity index (χ3v) is 5.44. The van der Waals surface area contributed by atoms with E-state index >= 15 is 0 Å². The van der Waals surface area contributed by atoms with Crippen molar-refractivity contribution in [1.82, 2.24) is 10.2 Å². The van der Waals surface area contributed by atoms with Crippen LogP contribution >= 0.6 is 0 Å². The van der Waals surface area contributed by atoms with Gasteiger partial charge in [-0.15, -0.1) is 0 Å². The van der Waals surface area contributed by atoms with Gasteiger partial charge in [-0.05, 0) is 54.9 Å². The van der Waals surface area contributed by atoms with Gasteiger partial charge in [-0.1, -0.05) is 0 Å². The van der Waals surface area contributed by atoms with Crippen molar-refractivity contribution in [2.75, 3.05) is 26.7 Å². The minimum absolute atomic E-state index is 0.0603. The van der Waals surface area contributed by atoms with E-state index < -0.39 is 0 Å². The van der Waals surface area contributed by atoms with Gasteiger partial charge >= 0.3 is 0 Å². The van der Waals surface area contributed by atoms with Crippen LogP contribution in [-0.2, 0) is 0 Å². The van der Waals surface area contributed by atoms with E-state index in [-0.39, 0.29) is 5.91 Å². The lowest BCUT2D eigenvalue weighted by atomic mass is 9.65. The van der Waals surface area contributed by atoms with Crippen LogP contribution in [0.4, 0.5) is 0 Å². The fraction of sp³-hybridized carbons (Fsp3) is 0.588. The van der Waals surface area contributed by atoms with Crippen LogP contribution in [0.2, 0.25) is 0 Å². The number of piperidine rings is 3. The molecular weight excluding hydrogens is 264 g/mol. The number of nitrogens with zero attached hydrogens (tertiary/aromatic N) is 1. The Morgan fingerprint density at radius 1 is 1.14 bits per heavy atom. The predicted octanol–water partition coefficient (Wildman–Crippen LogP) is 1.77. The predicted molar refractivity (Wildman–Crippen MR) is 80.4 cm³/mol. The van der Waals surface area contributed by atoms with Gasteiger partial charge in [0.15, 0.2) is 0 Å². The van der Waals surface area contributed by atoms with Crippen molar-refractivity contribution < 1.29 is 9.53 Å². The van der Waals surface area contributed by atoms with Crippen LogP contribution in [0.5, 0.6) is 5.75 Å². The highest BCUT2D eigenvalue weighted by Crippen LogP contribution is 2.43. The Hall–Kier alpha value is -1.55. The van der Waals surface area contributed by atoms with Crippen LogP contribution in [0.1, 0.15) is 23.2 Å². The summed E-state index contributed by atoms with van der Waals surface area (Å²) in [5, 5.41) is 3.31. The normalized spacial score (nSPS) is 36.5. The highest BCUT2D eigenvalue weighted by Gasteiger charge is 2.47. The lowest BCUT2D eigenvalue weighted by Gasteiger charge is -2.55. The van der Waals surface area contributed by atoms with Gasteiger partial charge in [0, 0.05) is 31.2 Å². The van der Waals surface area contributed by atoms with Gasteiger partial charge in [-0.2, -0.15) is 0 Å². The van der Waals surface area contributed by atoms with Crippen molar-refractivity contribution in [3.63, 3.8) is 0 Å². The minimum Gasteiger partial charge on any atom is -0.497 e. The van der Waals surface area contributed by atoms with Crippen molar-refractivity contribution in [1.29, 1.82) is 0 Å². The summed E-state index contributed by atoms with van der Waals surface area (Å²) in [4.78, 5) is 15.1. The standard InChI is InChI=1S/C17H22N2O2/c1-21-15-4-2-12(3-5-15)17(20)18-16-13-6-11-7-14(16)10-19(8-11)9-13/h2-5,11,13-14,16H,6-10H2,1H3,(H,18,20)/t11?,13-,14+,16?. The smallest absolute Gasteiger partial charge is 0.251 e. The van der Waals surface area contributed by atoms with Crippen LogP contribution in [0.15, 0.2) is 24.3 Å². The van der Waals surface area contributed by atoms with Gasteiger partial charge in [0.05, 0.1) is 7.11 Å². The summed E-state index contributed by atoms with van der Waals surface area (Å²) in [6.45, 7) is 3.62. The Morgan fingerprint density at radius 2 is 1.81 bits per heavy atom. The monoisotopic (exact) mass is 286 g/mol. The Labute approximate surface area is 125 Å². The fourth-order valence-corrected chi connectivity index (χ4v) is 4.62. The quantitative estimate of drug-likeness (QED) is 0.920. The second-order valence-corrected chi connectivity index (χ2v) is 6.80. The van der Waals surface area contributed by atoms with E-state index in [9.17, 15) is 4.79 Å².